The van der Waals surface area contributed by atoms with Crippen molar-refractivity contribution in [3.05, 3.63) is 34.9 Å². The van der Waals surface area contributed by atoms with E-state index < -0.39 is 0 Å². The van der Waals surface area contributed by atoms with Gasteiger partial charge < -0.3 is 0 Å². The van der Waals surface area contributed by atoms with Crippen LogP contribution in [0.15, 0.2) is 24.3 Å². The average Bonchev–Trinajstić information content (AvgIpc) is 2.37. The van der Waals surface area contributed by atoms with Crippen molar-refractivity contribution in [1.29, 1.82) is 0 Å². The first kappa shape index (κ1) is 15.5. The van der Waals surface area contributed by atoms with Gasteiger partial charge in [0.25, 0.3) is 0 Å². The number of benzene rings is 1. The summed E-state index contributed by atoms with van der Waals surface area (Å²) in [6.07, 6.45) is 2.08. The molecule has 0 aromatic heterocycles. The van der Waals surface area contributed by atoms with Gasteiger partial charge in [0.05, 0.1) is 6.04 Å². The molecule has 0 amide bonds. The third kappa shape index (κ3) is 4.01. The van der Waals surface area contributed by atoms with Crippen molar-refractivity contribution in [1.82, 2.24) is 4.90 Å². The maximum absolute atomic E-state index is 12.3. The van der Waals surface area contributed by atoms with Crippen molar-refractivity contribution >= 4 is 29.1 Å². The summed E-state index contributed by atoms with van der Waals surface area (Å²) >= 11 is 7.62. The molecule has 0 aliphatic rings. The van der Waals surface area contributed by atoms with E-state index in [-0.39, 0.29) is 11.8 Å². The summed E-state index contributed by atoms with van der Waals surface area (Å²) in [7, 11) is 2.00. The fraction of sp³-hybridized carbons (Fsp3) is 0.500. The first-order chi connectivity index (χ1) is 8.47. The molecule has 2 unspecified atom stereocenters. The highest BCUT2D eigenvalue weighted by molar-refractivity contribution is 7.98. The second-order valence-electron chi connectivity index (χ2n) is 4.52. The van der Waals surface area contributed by atoms with E-state index in [9.17, 15) is 4.79 Å². The fourth-order valence-electron chi connectivity index (χ4n) is 1.78. The number of hydrogen-bond donors (Lipinski definition) is 0. The van der Waals surface area contributed by atoms with Crippen molar-refractivity contribution in [2.45, 2.75) is 25.9 Å². The van der Waals surface area contributed by atoms with Crippen LogP contribution in [0.2, 0.25) is 5.02 Å². The first-order valence-electron chi connectivity index (χ1n) is 5.98. The van der Waals surface area contributed by atoms with Gasteiger partial charge in [-0.15, -0.1) is 0 Å². The van der Waals surface area contributed by atoms with Gasteiger partial charge in [-0.3, -0.25) is 9.69 Å². The molecule has 0 radical (unpaired) electrons. The molecule has 1 rings (SSSR count). The minimum Gasteiger partial charge on any atom is -0.293 e. The smallest absolute Gasteiger partial charge is 0.179 e. The van der Waals surface area contributed by atoms with E-state index >= 15 is 0 Å². The molecule has 4 heteroatoms. The van der Waals surface area contributed by atoms with E-state index in [2.05, 4.69) is 18.1 Å². The molecule has 18 heavy (non-hydrogen) atoms. The molecule has 0 bridgehead atoms. The summed E-state index contributed by atoms with van der Waals surface area (Å²) < 4.78 is 0. The van der Waals surface area contributed by atoms with E-state index in [1.54, 1.807) is 36.0 Å². The minimum absolute atomic E-state index is 0.117. The number of rotatable bonds is 6. The van der Waals surface area contributed by atoms with E-state index in [0.29, 0.717) is 11.1 Å². The van der Waals surface area contributed by atoms with Gasteiger partial charge in [0.1, 0.15) is 0 Å². The zero-order valence-corrected chi connectivity index (χ0v) is 12.9. The Hall–Kier alpha value is -0.510. The molecule has 1 aromatic carbocycles. The van der Waals surface area contributed by atoms with Gasteiger partial charge in [0.2, 0.25) is 0 Å². The lowest BCUT2D eigenvalue weighted by Crippen LogP contribution is -2.42. The zero-order chi connectivity index (χ0) is 13.7. The molecule has 0 saturated carbocycles. The predicted octanol–water partition coefficient (Wildman–Crippen LogP) is 3.59. The second-order valence-corrected chi connectivity index (χ2v) is 5.86. The van der Waals surface area contributed by atoms with Gasteiger partial charge in [-0.1, -0.05) is 11.6 Å². The third-order valence-electron chi connectivity index (χ3n) is 3.22. The molecule has 0 aliphatic carbocycles. The molecule has 0 saturated heterocycles. The van der Waals surface area contributed by atoms with Gasteiger partial charge in [-0.2, -0.15) is 11.8 Å². The lowest BCUT2D eigenvalue weighted by Gasteiger charge is -2.29. The van der Waals surface area contributed by atoms with Crippen LogP contribution in [0.25, 0.3) is 0 Å². The third-order valence-corrected chi connectivity index (χ3v) is 4.29. The number of thioether (sulfide) groups is 1. The normalized spacial score (nSPS) is 14.6. The van der Waals surface area contributed by atoms with Crippen LogP contribution in [-0.4, -0.2) is 41.8 Å². The molecule has 100 valence electrons. The van der Waals surface area contributed by atoms with Crippen LogP contribution >= 0.6 is 23.4 Å². The van der Waals surface area contributed by atoms with E-state index in [4.69, 9.17) is 11.6 Å². The summed E-state index contributed by atoms with van der Waals surface area (Å²) in [5.74, 6) is 1.16. The van der Waals surface area contributed by atoms with E-state index in [1.165, 1.54) is 0 Å². The molecule has 0 fully saturated rings. The lowest BCUT2D eigenvalue weighted by molar-refractivity contribution is 0.0838. The Labute approximate surface area is 119 Å². The van der Waals surface area contributed by atoms with Crippen LogP contribution in [0.1, 0.15) is 24.2 Å². The van der Waals surface area contributed by atoms with Crippen LogP contribution in [-0.2, 0) is 0 Å². The number of nitrogens with zero attached hydrogens (tertiary/aromatic N) is 1. The van der Waals surface area contributed by atoms with Crippen LogP contribution < -0.4 is 0 Å². The standard InChI is InChI=1S/C14H20ClNOS/c1-10(9-18-4)16(3)11(2)14(17)12-5-7-13(15)8-6-12/h5-8,10-11H,9H2,1-4H3. The maximum Gasteiger partial charge on any atom is 0.179 e. The van der Waals surface area contributed by atoms with Gasteiger partial charge in [0.15, 0.2) is 5.78 Å². The predicted molar refractivity (Wildman–Crippen MR) is 80.9 cm³/mol. The van der Waals surface area contributed by atoms with E-state index in [0.717, 1.165) is 11.3 Å². The molecule has 2 atom stereocenters. The number of carbonyl (C=O) groups excluding carboxylic acids is 1. The quantitative estimate of drug-likeness (QED) is 0.745. The molecular formula is C14H20ClNOS. The summed E-state index contributed by atoms with van der Waals surface area (Å²) in [4.78, 5) is 14.4. The Bertz CT molecular complexity index is 393. The van der Waals surface area contributed by atoms with Crippen LogP contribution in [0, 0.1) is 0 Å². The van der Waals surface area contributed by atoms with Gasteiger partial charge in [-0.05, 0) is 51.4 Å². The van der Waals surface area contributed by atoms with Crippen molar-refractivity contribution in [2.75, 3.05) is 19.1 Å². The lowest BCUT2D eigenvalue weighted by atomic mass is 10.0. The highest BCUT2D eigenvalue weighted by Crippen LogP contribution is 2.15. The fourth-order valence-corrected chi connectivity index (χ4v) is 2.62. The second kappa shape index (κ2) is 7.17. The Morgan fingerprint density at radius 3 is 2.39 bits per heavy atom. The topological polar surface area (TPSA) is 20.3 Å². The van der Waals surface area contributed by atoms with Gasteiger partial charge in [-0.25, -0.2) is 0 Å². The first-order valence-corrected chi connectivity index (χ1v) is 7.75. The Morgan fingerprint density at radius 1 is 1.33 bits per heavy atom. The molecule has 0 N–H and O–H groups in total. The largest absolute Gasteiger partial charge is 0.293 e. The number of carbonyl (C=O) groups is 1. The Balaban J connectivity index is 2.74. The monoisotopic (exact) mass is 285 g/mol. The van der Waals surface area contributed by atoms with Gasteiger partial charge >= 0.3 is 0 Å². The SMILES string of the molecule is CSCC(C)N(C)C(C)C(=O)c1ccc(Cl)cc1. The molecule has 1 aromatic rings. The number of likely N-dealkylation sites (N-methyl/N-ethyl adjacent to an activating group) is 1. The van der Waals surface area contributed by atoms with Gasteiger partial charge in [0, 0.05) is 22.4 Å². The number of halogens is 1. The Morgan fingerprint density at radius 2 is 1.89 bits per heavy atom. The zero-order valence-electron chi connectivity index (χ0n) is 11.3. The van der Waals surface area contributed by atoms with E-state index in [1.807, 2.05) is 14.0 Å². The summed E-state index contributed by atoms with van der Waals surface area (Å²) in [6, 6.07) is 7.35. The highest BCUT2D eigenvalue weighted by atomic mass is 35.5. The number of Topliss-reactive ketones (excluding diaryl/α,β-unsaturated/α-hetero) is 1. The number of hydrogen-bond acceptors (Lipinski definition) is 3. The summed E-state index contributed by atoms with van der Waals surface area (Å²) in [5.41, 5.74) is 0.718. The minimum atomic E-state index is -0.117. The molecule has 0 heterocycles. The Kier molecular flexibility index (Phi) is 6.19. The molecular weight excluding hydrogens is 266 g/mol. The number of ketones is 1. The summed E-state index contributed by atoms with van der Waals surface area (Å²) in [5, 5.41) is 0.656. The van der Waals surface area contributed by atoms with Crippen LogP contribution in [0.5, 0.6) is 0 Å². The van der Waals surface area contributed by atoms with Crippen LogP contribution in [0.3, 0.4) is 0 Å². The van der Waals surface area contributed by atoms with Crippen molar-refractivity contribution in [3.8, 4) is 0 Å². The molecule has 0 spiro atoms. The average molecular weight is 286 g/mol. The maximum atomic E-state index is 12.3. The van der Waals surface area contributed by atoms with Crippen molar-refractivity contribution in [2.24, 2.45) is 0 Å². The molecule has 2 nitrogen and oxygen atoms in total. The van der Waals surface area contributed by atoms with Crippen molar-refractivity contribution < 1.29 is 4.79 Å². The van der Waals surface area contributed by atoms with Crippen LogP contribution in [0.4, 0.5) is 0 Å². The summed E-state index contributed by atoms with van der Waals surface area (Å²) in [6.45, 7) is 4.09. The molecule has 0 aliphatic heterocycles. The highest BCUT2D eigenvalue weighted by Gasteiger charge is 2.22. The van der Waals surface area contributed by atoms with Crippen molar-refractivity contribution in [3.63, 3.8) is 0 Å².